The highest BCUT2D eigenvalue weighted by molar-refractivity contribution is 9.10. The smallest absolute Gasteiger partial charge is 0.265 e. The number of halogens is 2. The van der Waals surface area contributed by atoms with Crippen LogP contribution in [-0.2, 0) is 6.54 Å². The van der Waals surface area contributed by atoms with E-state index in [-0.39, 0.29) is 11.7 Å². The molecule has 0 spiro atoms. The Kier molecular flexibility index (Phi) is 4.89. The van der Waals surface area contributed by atoms with Gasteiger partial charge in [0.15, 0.2) is 0 Å². The van der Waals surface area contributed by atoms with Gasteiger partial charge in [-0.05, 0) is 34.1 Å². The minimum absolute atomic E-state index is 0.116. The van der Waals surface area contributed by atoms with Crippen molar-refractivity contribution in [3.05, 3.63) is 62.0 Å². The third-order valence-corrected chi connectivity index (χ3v) is 5.88. The molecule has 1 amide bonds. The summed E-state index contributed by atoms with van der Waals surface area (Å²) in [4.78, 5) is 19.9. The Morgan fingerprint density at radius 2 is 2.17 bits per heavy atom. The van der Waals surface area contributed by atoms with Crippen LogP contribution in [0.1, 0.15) is 14.5 Å². The zero-order valence-corrected chi connectivity index (χ0v) is 15.3. The number of hydrogen-bond donors (Lipinski definition) is 0. The molecule has 0 saturated heterocycles. The van der Waals surface area contributed by atoms with E-state index in [1.54, 1.807) is 41.5 Å². The number of carbonyl (C=O) groups excluding carboxylic acids is 1. The minimum Gasteiger partial charge on any atom is -0.336 e. The molecule has 0 unspecified atom stereocenters. The SMILES string of the molecule is CN(Cc1cc(Br)cs1)C(=O)c1cnc(-c2ccccc2F)s1. The average Bonchev–Trinajstić information content (AvgIpc) is 3.16. The van der Waals surface area contributed by atoms with Crippen LogP contribution in [0.4, 0.5) is 4.39 Å². The zero-order chi connectivity index (χ0) is 16.4. The van der Waals surface area contributed by atoms with Crippen molar-refractivity contribution in [3.8, 4) is 10.6 Å². The van der Waals surface area contributed by atoms with Crippen molar-refractivity contribution < 1.29 is 9.18 Å². The van der Waals surface area contributed by atoms with Gasteiger partial charge in [-0.2, -0.15) is 0 Å². The lowest BCUT2D eigenvalue weighted by atomic mass is 10.2. The first kappa shape index (κ1) is 16.3. The van der Waals surface area contributed by atoms with Crippen molar-refractivity contribution in [1.82, 2.24) is 9.88 Å². The summed E-state index contributed by atoms with van der Waals surface area (Å²) in [6.07, 6.45) is 1.51. The second-order valence-electron chi connectivity index (χ2n) is 4.90. The second-order valence-corrected chi connectivity index (χ2v) is 7.84. The quantitative estimate of drug-likeness (QED) is 0.602. The predicted molar refractivity (Wildman–Crippen MR) is 95.3 cm³/mol. The molecule has 0 aliphatic carbocycles. The Morgan fingerprint density at radius 3 is 2.87 bits per heavy atom. The lowest BCUT2D eigenvalue weighted by molar-refractivity contribution is 0.0791. The number of carbonyl (C=O) groups is 1. The molecule has 3 aromatic rings. The van der Waals surface area contributed by atoms with Crippen molar-refractivity contribution in [1.29, 1.82) is 0 Å². The fraction of sp³-hybridized carbons (Fsp3) is 0.125. The Bertz CT molecular complexity index is 846. The van der Waals surface area contributed by atoms with Crippen LogP contribution >= 0.6 is 38.6 Å². The Morgan fingerprint density at radius 1 is 1.39 bits per heavy atom. The average molecular weight is 411 g/mol. The van der Waals surface area contributed by atoms with Gasteiger partial charge in [-0.3, -0.25) is 4.79 Å². The monoisotopic (exact) mass is 410 g/mol. The van der Waals surface area contributed by atoms with Gasteiger partial charge < -0.3 is 4.90 Å². The maximum Gasteiger partial charge on any atom is 0.265 e. The lowest BCUT2D eigenvalue weighted by Gasteiger charge is -2.14. The highest BCUT2D eigenvalue weighted by atomic mass is 79.9. The van der Waals surface area contributed by atoms with Crippen LogP contribution in [-0.4, -0.2) is 22.8 Å². The van der Waals surface area contributed by atoms with Gasteiger partial charge in [0.1, 0.15) is 15.7 Å². The highest BCUT2D eigenvalue weighted by Crippen LogP contribution is 2.28. The minimum atomic E-state index is -0.336. The summed E-state index contributed by atoms with van der Waals surface area (Å²) in [6, 6.07) is 8.42. The summed E-state index contributed by atoms with van der Waals surface area (Å²) < 4.78 is 14.8. The lowest BCUT2D eigenvalue weighted by Crippen LogP contribution is -2.24. The van der Waals surface area contributed by atoms with Crippen LogP contribution in [0.5, 0.6) is 0 Å². The Balaban J connectivity index is 1.77. The number of amides is 1. The van der Waals surface area contributed by atoms with E-state index in [9.17, 15) is 9.18 Å². The molecule has 118 valence electrons. The molecule has 0 bridgehead atoms. The maximum atomic E-state index is 13.8. The maximum absolute atomic E-state index is 13.8. The van der Waals surface area contributed by atoms with Crippen LogP contribution in [0, 0.1) is 5.82 Å². The van der Waals surface area contributed by atoms with Crippen LogP contribution in [0.15, 0.2) is 46.4 Å². The predicted octanol–water partition coefficient (Wildman–Crippen LogP) is 5.05. The number of thiophene rings is 1. The van der Waals surface area contributed by atoms with Crippen LogP contribution in [0.25, 0.3) is 10.6 Å². The molecule has 0 radical (unpaired) electrons. The van der Waals surface area contributed by atoms with Crippen molar-refractivity contribution in [2.24, 2.45) is 0 Å². The van der Waals surface area contributed by atoms with E-state index in [1.165, 1.54) is 23.6 Å². The molecule has 0 N–H and O–H groups in total. The largest absolute Gasteiger partial charge is 0.336 e. The van der Waals surface area contributed by atoms with Gasteiger partial charge in [-0.15, -0.1) is 22.7 Å². The number of rotatable bonds is 4. The van der Waals surface area contributed by atoms with E-state index in [0.29, 0.717) is 22.0 Å². The molecule has 0 aliphatic rings. The topological polar surface area (TPSA) is 33.2 Å². The molecule has 0 atom stereocenters. The van der Waals surface area contributed by atoms with Gasteiger partial charge in [0.25, 0.3) is 5.91 Å². The molecule has 7 heteroatoms. The third-order valence-electron chi connectivity index (χ3n) is 3.18. The van der Waals surface area contributed by atoms with Gasteiger partial charge in [0, 0.05) is 27.3 Å². The summed E-state index contributed by atoms with van der Waals surface area (Å²) in [6.45, 7) is 0.530. The second kappa shape index (κ2) is 6.90. The fourth-order valence-corrected chi connectivity index (χ4v) is 4.50. The summed E-state index contributed by atoms with van der Waals surface area (Å²) in [5, 5.41) is 2.50. The number of nitrogens with zero attached hydrogens (tertiary/aromatic N) is 2. The first-order valence-corrected chi connectivity index (χ1v) is 9.22. The van der Waals surface area contributed by atoms with Gasteiger partial charge in [-0.25, -0.2) is 9.37 Å². The Labute approximate surface area is 149 Å². The molecule has 3 rings (SSSR count). The van der Waals surface area contributed by atoms with E-state index in [1.807, 2.05) is 11.4 Å². The molecular weight excluding hydrogens is 399 g/mol. The molecule has 3 nitrogen and oxygen atoms in total. The molecule has 2 heterocycles. The van der Waals surface area contributed by atoms with Crippen molar-refractivity contribution in [2.75, 3.05) is 7.05 Å². The molecular formula is C16H12BrFN2OS2. The molecule has 23 heavy (non-hydrogen) atoms. The molecule has 2 aromatic heterocycles. The molecule has 1 aromatic carbocycles. The van der Waals surface area contributed by atoms with Crippen molar-refractivity contribution >= 4 is 44.5 Å². The zero-order valence-electron chi connectivity index (χ0n) is 12.1. The fourth-order valence-electron chi connectivity index (χ4n) is 2.06. The number of benzene rings is 1. The summed E-state index contributed by atoms with van der Waals surface area (Å²) in [5.41, 5.74) is 0.418. The van der Waals surface area contributed by atoms with Gasteiger partial charge in [-0.1, -0.05) is 12.1 Å². The van der Waals surface area contributed by atoms with E-state index < -0.39 is 0 Å². The molecule has 0 saturated carbocycles. The third kappa shape index (κ3) is 3.68. The summed E-state index contributed by atoms with van der Waals surface area (Å²) in [7, 11) is 1.75. The van der Waals surface area contributed by atoms with Crippen LogP contribution in [0.2, 0.25) is 0 Å². The van der Waals surface area contributed by atoms with E-state index >= 15 is 0 Å². The van der Waals surface area contributed by atoms with Crippen molar-refractivity contribution in [3.63, 3.8) is 0 Å². The highest BCUT2D eigenvalue weighted by Gasteiger charge is 2.17. The number of aromatic nitrogens is 1. The normalized spacial score (nSPS) is 10.7. The van der Waals surface area contributed by atoms with E-state index in [2.05, 4.69) is 20.9 Å². The number of hydrogen-bond acceptors (Lipinski definition) is 4. The Hall–Kier alpha value is -1.57. The van der Waals surface area contributed by atoms with Gasteiger partial charge in [0.2, 0.25) is 0 Å². The first-order valence-electron chi connectivity index (χ1n) is 6.73. The standard InChI is InChI=1S/C16H12BrFN2OS2/c1-20(8-11-6-10(17)9-22-11)16(21)14-7-19-15(23-14)12-4-2-3-5-13(12)18/h2-7,9H,8H2,1H3. The van der Waals surface area contributed by atoms with Crippen LogP contribution in [0.3, 0.4) is 0 Å². The van der Waals surface area contributed by atoms with E-state index in [0.717, 1.165) is 9.35 Å². The molecule has 0 fully saturated rings. The van der Waals surface area contributed by atoms with Crippen molar-refractivity contribution in [2.45, 2.75) is 6.54 Å². The van der Waals surface area contributed by atoms with Gasteiger partial charge >= 0.3 is 0 Å². The molecule has 0 aliphatic heterocycles. The summed E-state index contributed by atoms with van der Waals surface area (Å²) in [5.74, 6) is -0.452. The van der Waals surface area contributed by atoms with Crippen LogP contribution < -0.4 is 0 Å². The summed E-state index contributed by atoms with van der Waals surface area (Å²) >= 11 is 6.20. The first-order chi connectivity index (χ1) is 11.0. The number of thiazole rings is 1. The van der Waals surface area contributed by atoms with Gasteiger partial charge in [0.05, 0.1) is 12.7 Å². The van der Waals surface area contributed by atoms with E-state index in [4.69, 9.17) is 0 Å².